The van der Waals surface area contributed by atoms with Gasteiger partial charge in [0.2, 0.25) is 5.91 Å². The predicted octanol–water partition coefficient (Wildman–Crippen LogP) is 2.49. The van der Waals surface area contributed by atoms with Crippen molar-refractivity contribution >= 4 is 5.91 Å². The van der Waals surface area contributed by atoms with E-state index in [4.69, 9.17) is 0 Å². The van der Waals surface area contributed by atoms with Gasteiger partial charge in [-0.1, -0.05) is 12.1 Å². The zero-order chi connectivity index (χ0) is 13.9. The van der Waals surface area contributed by atoms with Crippen LogP contribution in [0.2, 0.25) is 0 Å². The van der Waals surface area contributed by atoms with E-state index in [0.29, 0.717) is 6.54 Å². The molecule has 2 aliphatic rings. The molecule has 0 bridgehead atoms. The van der Waals surface area contributed by atoms with Crippen molar-refractivity contribution in [2.75, 3.05) is 19.6 Å². The number of rotatable bonds is 5. The van der Waals surface area contributed by atoms with Crippen LogP contribution in [0.25, 0.3) is 0 Å². The summed E-state index contributed by atoms with van der Waals surface area (Å²) in [4.78, 5) is 14.2. The van der Waals surface area contributed by atoms with Crippen molar-refractivity contribution in [1.29, 1.82) is 0 Å². The van der Waals surface area contributed by atoms with Crippen LogP contribution in [0.1, 0.15) is 37.3 Å². The molecule has 108 valence electrons. The van der Waals surface area contributed by atoms with Crippen molar-refractivity contribution < 1.29 is 9.18 Å². The van der Waals surface area contributed by atoms with Crippen molar-refractivity contribution in [1.82, 2.24) is 10.2 Å². The molecule has 1 unspecified atom stereocenters. The molecule has 0 spiro atoms. The molecule has 20 heavy (non-hydrogen) atoms. The van der Waals surface area contributed by atoms with Crippen LogP contribution >= 0.6 is 0 Å². The van der Waals surface area contributed by atoms with Crippen LogP contribution in [0.5, 0.6) is 0 Å². The zero-order valence-electron chi connectivity index (χ0n) is 11.6. The molecule has 1 amide bonds. The average Bonchev–Trinajstić information content (AvgIpc) is 3.12. The van der Waals surface area contributed by atoms with Crippen molar-refractivity contribution in [2.45, 2.75) is 31.7 Å². The maximum absolute atomic E-state index is 13.3. The lowest BCUT2D eigenvalue weighted by Gasteiger charge is -2.25. The van der Waals surface area contributed by atoms with Gasteiger partial charge in [-0.3, -0.25) is 4.79 Å². The quantitative estimate of drug-likeness (QED) is 0.896. The lowest BCUT2D eigenvalue weighted by Crippen LogP contribution is -2.38. The van der Waals surface area contributed by atoms with Crippen LogP contribution in [-0.4, -0.2) is 30.4 Å². The van der Waals surface area contributed by atoms with Gasteiger partial charge in [-0.15, -0.1) is 0 Å². The number of hydrogen-bond acceptors (Lipinski definition) is 2. The minimum atomic E-state index is -0.228. The van der Waals surface area contributed by atoms with Gasteiger partial charge in [-0.2, -0.15) is 0 Å². The number of nitrogens with zero attached hydrogens (tertiary/aromatic N) is 1. The van der Waals surface area contributed by atoms with Crippen molar-refractivity contribution in [2.24, 2.45) is 5.92 Å². The van der Waals surface area contributed by atoms with Gasteiger partial charge in [0.1, 0.15) is 5.82 Å². The highest BCUT2D eigenvalue weighted by Gasteiger charge is 2.30. The Morgan fingerprint density at radius 2 is 2.20 bits per heavy atom. The Kier molecular flexibility index (Phi) is 4.01. The summed E-state index contributed by atoms with van der Waals surface area (Å²) in [5.74, 6) is 0.687. The first-order valence-electron chi connectivity index (χ1n) is 7.49. The molecular formula is C16H21FN2O. The van der Waals surface area contributed by atoms with E-state index in [1.807, 2.05) is 11.0 Å². The fraction of sp³-hybridized carbons (Fsp3) is 0.562. The van der Waals surface area contributed by atoms with E-state index in [-0.39, 0.29) is 17.8 Å². The smallest absolute Gasteiger partial charge is 0.237 e. The first-order valence-corrected chi connectivity index (χ1v) is 7.49. The summed E-state index contributed by atoms with van der Waals surface area (Å²) in [7, 11) is 0. The molecule has 3 rings (SSSR count). The van der Waals surface area contributed by atoms with Gasteiger partial charge < -0.3 is 10.2 Å². The summed E-state index contributed by atoms with van der Waals surface area (Å²) in [6.45, 7) is 2.14. The molecule has 1 atom stereocenters. The van der Waals surface area contributed by atoms with E-state index in [2.05, 4.69) is 5.32 Å². The summed E-state index contributed by atoms with van der Waals surface area (Å²) in [5, 5.41) is 3.24. The van der Waals surface area contributed by atoms with Gasteiger partial charge in [0, 0.05) is 6.54 Å². The molecule has 2 fully saturated rings. The Bertz CT molecular complexity index is 487. The Hall–Kier alpha value is -1.42. The number of amides is 1. The first kappa shape index (κ1) is 13.6. The van der Waals surface area contributed by atoms with Gasteiger partial charge in [-0.05, 0) is 55.8 Å². The highest BCUT2D eigenvalue weighted by atomic mass is 19.1. The third-order valence-corrected chi connectivity index (χ3v) is 4.21. The Balaban J connectivity index is 1.60. The maximum Gasteiger partial charge on any atom is 0.237 e. The second-order valence-electron chi connectivity index (χ2n) is 5.87. The van der Waals surface area contributed by atoms with Gasteiger partial charge in [0.25, 0.3) is 0 Å². The van der Waals surface area contributed by atoms with Crippen LogP contribution in [-0.2, 0) is 4.79 Å². The molecule has 1 aliphatic carbocycles. The van der Waals surface area contributed by atoms with E-state index in [1.165, 1.54) is 18.9 Å². The lowest BCUT2D eigenvalue weighted by molar-refractivity contribution is -0.131. The van der Waals surface area contributed by atoms with Gasteiger partial charge in [0.15, 0.2) is 0 Å². The maximum atomic E-state index is 13.3. The molecule has 1 N–H and O–H groups in total. The summed E-state index contributed by atoms with van der Waals surface area (Å²) in [5.41, 5.74) is 0.915. The fourth-order valence-corrected chi connectivity index (χ4v) is 2.93. The molecular weight excluding hydrogens is 255 g/mol. The average molecular weight is 276 g/mol. The largest absolute Gasteiger partial charge is 0.335 e. The predicted molar refractivity (Wildman–Crippen MR) is 75.7 cm³/mol. The van der Waals surface area contributed by atoms with Crippen molar-refractivity contribution in [3.05, 3.63) is 35.6 Å². The molecule has 1 aliphatic heterocycles. The molecule has 0 radical (unpaired) electrons. The summed E-state index contributed by atoms with van der Waals surface area (Å²) >= 11 is 0. The minimum absolute atomic E-state index is 0.0425. The SMILES string of the molecule is O=C(CNCC1CC1)N1CCCC1c1cccc(F)c1. The third kappa shape index (κ3) is 3.18. The number of likely N-dealkylation sites (tertiary alicyclic amines) is 1. The van der Waals surface area contributed by atoms with Crippen molar-refractivity contribution in [3.63, 3.8) is 0 Å². The molecule has 1 saturated heterocycles. The van der Waals surface area contributed by atoms with E-state index in [1.54, 1.807) is 12.1 Å². The number of halogens is 1. The number of carbonyl (C=O) groups excluding carboxylic acids is 1. The Labute approximate surface area is 119 Å². The molecule has 1 heterocycles. The highest BCUT2D eigenvalue weighted by Crippen LogP contribution is 2.32. The number of hydrogen-bond donors (Lipinski definition) is 1. The number of carbonyl (C=O) groups is 1. The monoisotopic (exact) mass is 276 g/mol. The van der Waals surface area contributed by atoms with Crippen LogP contribution in [0.4, 0.5) is 4.39 Å². The van der Waals surface area contributed by atoms with E-state index >= 15 is 0 Å². The summed E-state index contributed by atoms with van der Waals surface area (Å²) in [6, 6.07) is 6.67. The van der Waals surface area contributed by atoms with Crippen LogP contribution in [0, 0.1) is 11.7 Å². The highest BCUT2D eigenvalue weighted by molar-refractivity contribution is 5.79. The normalized spacial score (nSPS) is 22.2. The second kappa shape index (κ2) is 5.92. The molecule has 1 aromatic carbocycles. The molecule has 3 nitrogen and oxygen atoms in total. The second-order valence-corrected chi connectivity index (χ2v) is 5.87. The zero-order valence-corrected chi connectivity index (χ0v) is 11.6. The van der Waals surface area contributed by atoms with Gasteiger partial charge in [-0.25, -0.2) is 4.39 Å². The molecule has 1 saturated carbocycles. The van der Waals surface area contributed by atoms with Crippen LogP contribution in [0.3, 0.4) is 0 Å². The van der Waals surface area contributed by atoms with Crippen molar-refractivity contribution in [3.8, 4) is 0 Å². The van der Waals surface area contributed by atoms with E-state index < -0.39 is 0 Å². The first-order chi connectivity index (χ1) is 9.74. The van der Waals surface area contributed by atoms with Crippen LogP contribution in [0.15, 0.2) is 24.3 Å². The fourth-order valence-electron chi connectivity index (χ4n) is 2.93. The number of nitrogens with one attached hydrogen (secondary N) is 1. The van der Waals surface area contributed by atoms with Crippen LogP contribution < -0.4 is 5.32 Å². The lowest BCUT2D eigenvalue weighted by atomic mass is 10.0. The number of benzene rings is 1. The molecule has 1 aromatic rings. The molecule has 0 aromatic heterocycles. The van der Waals surface area contributed by atoms with E-state index in [0.717, 1.165) is 37.4 Å². The minimum Gasteiger partial charge on any atom is -0.335 e. The van der Waals surface area contributed by atoms with E-state index in [9.17, 15) is 9.18 Å². The third-order valence-electron chi connectivity index (χ3n) is 4.21. The molecule has 4 heteroatoms. The standard InChI is InChI=1S/C16H21FN2O/c17-14-4-1-3-13(9-14)15-5-2-8-19(15)16(20)11-18-10-12-6-7-12/h1,3-4,9,12,15,18H,2,5-8,10-11H2. The summed E-state index contributed by atoms with van der Waals surface area (Å²) < 4.78 is 13.3. The Morgan fingerprint density at radius 1 is 1.35 bits per heavy atom. The van der Waals surface area contributed by atoms with Gasteiger partial charge in [0.05, 0.1) is 12.6 Å². The summed E-state index contributed by atoms with van der Waals surface area (Å²) in [6.07, 6.45) is 4.50. The Morgan fingerprint density at radius 3 is 2.95 bits per heavy atom. The van der Waals surface area contributed by atoms with Gasteiger partial charge >= 0.3 is 0 Å². The topological polar surface area (TPSA) is 32.3 Å².